The van der Waals surface area contributed by atoms with E-state index in [1.807, 2.05) is 0 Å². The van der Waals surface area contributed by atoms with Gasteiger partial charge in [0.15, 0.2) is 0 Å². The highest BCUT2D eigenvalue weighted by molar-refractivity contribution is 4.98. The van der Waals surface area contributed by atoms with Gasteiger partial charge in [0, 0.05) is 37.8 Å². The topological polar surface area (TPSA) is 32.5 Å². The maximum Gasteiger partial charge on any atom is 0.0356 e. The van der Waals surface area contributed by atoms with Crippen LogP contribution in [0.25, 0.3) is 0 Å². The summed E-state index contributed by atoms with van der Waals surface area (Å²) in [6.07, 6.45) is 5.38. The zero-order valence-corrected chi connectivity index (χ0v) is 12.5. The number of hydrogen-bond acceptors (Lipinski definition) is 3. The molecule has 0 atom stereocenters. The number of hydrogen-bond donors (Lipinski definition) is 1. The van der Waals surface area contributed by atoms with Gasteiger partial charge in [0.25, 0.3) is 0 Å². The Morgan fingerprint density at radius 2 is 1.89 bits per heavy atom. The minimum atomic E-state index is 0.294. The highest BCUT2D eigenvalue weighted by atomic mass is 15.2. The average Bonchev–Trinajstić information content (AvgIpc) is 3.20. The second kappa shape index (κ2) is 5.89. The lowest BCUT2D eigenvalue weighted by molar-refractivity contribution is 0.0181. The Morgan fingerprint density at radius 1 is 1.28 bits per heavy atom. The van der Waals surface area contributed by atoms with Gasteiger partial charge in [-0.15, -0.1) is 0 Å². The third kappa shape index (κ3) is 3.06. The molecular weight excluding hydrogens is 222 g/mol. The summed E-state index contributed by atoms with van der Waals surface area (Å²) in [6, 6.07) is 0.680. The molecule has 3 heteroatoms. The van der Waals surface area contributed by atoms with E-state index in [0.29, 0.717) is 11.6 Å². The van der Waals surface area contributed by atoms with Crippen molar-refractivity contribution in [3.8, 4) is 0 Å². The van der Waals surface area contributed by atoms with E-state index < -0.39 is 0 Å². The lowest BCUT2D eigenvalue weighted by atomic mass is 9.84. The molecule has 1 saturated heterocycles. The molecule has 2 rings (SSSR count). The summed E-state index contributed by atoms with van der Waals surface area (Å²) in [5, 5.41) is 0. The van der Waals surface area contributed by atoms with Gasteiger partial charge < -0.3 is 10.6 Å². The molecule has 18 heavy (non-hydrogen) atoms. The SMILES string of the molecule is CCN(CC1CC1)C1(CN)CCN(C(C)C)CC1. The van der Waals surface area contributed by atoms with E-state index in [1.165, 1.54) is 45.3 Å². The average molecular weight is 253 g/mol. The number of nitrogens with two attached hydrogens (primary N) is 1. The quantitative estimate of drug-likeness (QED) is 0.785. The molecule has 3 nitrogen and oxygen atoms in total. The Labute approximate surface area is 113 Å². The summed E-state index contributed by atoms with van der Waals surface area (Å²) in [6.45, 7) is 12.6. The number of nitrogens with zero attached hydrogens (tertiary/aromatic N) is 2. The van der Waals surface area contributed by atoms with Crippen molar-refractivity contribution in [1.29, 1.82) is 0 Å². The minimum absolute atomic E-state index is 0.294. The van der Waals surface area contributed by atoms with Gasteiger partial charge in [0.2, 0.25) is 0 Å². The highest BCUT2D eigenvalue weighted by Gasteiger charge is 2.40. The van der Waals surface area contributed by atoms with Crippen molar-refractivity contribution in [1.82, 2.24) is 9.80 Å². The lowest BCUT2D eigenvalue weighted by Crippen LogP contribution is -2.60. The van der Waals surface area contributed by atoms with Crippen LogP contribution in [-0.4, -0.2) is 54.1 Å². The van der Waals surface area contributed by atoms with Crippen LogP contribution in [0.5, 0.6) is 0 Å². The van der Waals surface area contributed by atoms with Gasteiger partial charge in [-0.3, -0.25) is 4.90 Å². The van der Waals surface area contributed by atoms with Crippen LogP contribution < -0.4 is 5.73 Å². The van der Waals surface area contributed by atoms with E-state index in [1.54, 1.807) is 0 Å². The van der Waals surface area contributed by atoms with Crippen molar-refractivity contribution >= 4 is 0 Å². The number of likely N-dealkylation sites (tertiary alicyclic amines) is 1. The first-order valence-corrected chi connectivity index (χ1v) is 7.80. The summed E-state index contributed by atoms with van der Waals surface area (Å²) in [5.74, 6) is 0.969. The maximum absolute atomic E-state index is 6.17. The third-order valence-electron chi connectivity index (χ3n) is 5.07. The molecule has 106 valence electrons. The Hall–Kier alpha value is -0.120. The zero-order chi connectivity index (χ0) is 13.2. The number of rotatable bonds is 6. The molecule has 1 saturated carbocycles. The van der Waals surface area contributed by atoms with E-state index in [-0.39, 0.29) is 0 Å². The standard InChI is InChI=1S/C15H31N3/c1-4-18(11-14-5-6-14)15(12-16)7-9-17(10-8-15)13(2)3/h13-14H,4-12,16H2,1-3H3. The summed E-state index contributed by atoms with van der Waals surface area (Å²) >= 11 is 0. The summed E-state index contributed by atoms with van der Waals surface area (Å²) in [4.78, 5) is 5.29. The molecule has 0 aromatic carbocycles. The second-order valence-corrected chi connectivity index (χ2v) is 6.54. The van der Waals surface area contributed by atoms with Gasteiger partial charge in [-0.25, -0.2) is 0 Å². The van der Waals surface area contributed by atoms with E-state index >= 15 is 0 Å². The van der Waals surface area contributed by atoms with E-state index in [0.717, 1.165) is 19.0 Å². The molecule has 2 N–H and O–H groups in total. The predicted octanol–water partition coefficient (Wildman–Crippen LogP) is 1.92. The molecule has 0 amide bonds. The van der Waals surface area contributed by atoms with Crippen LogP contribution in [0, 0.1) is 5.92 Å². The van der Waals surface area contributed by atoms with E-state index in [4.69, 9.17) is 5.73 Å². The van der Waals surface area contributed by atoms with Crippen molar-refractivity contribution in [3.63, 3.8) is 0 Å². The van der Waals surface area contributed by atoms with E-state index in [2.05, 4.69) is 30.6 Å². The monoisotopic (exact) mass is 253 g/mol. The summed E-state index contributed by atoms with van der Waals surface area (Å²) in [7, 11) is 0. The molecule has 0 radical (unpaired) electrons. The van der Waals surface area contributed by atoms with Crippen LogP contribution in [-0.2, 0) is 0 Å². The molecule has 0 unspecified atom stereocenters. The zero-order valence-electron chi connectivity index (χ0n) is 12.5. The molecule has 2 aliphatic rings. The van der Waals surface area contributed by atoms with Crippen molar-refractivity contribution < 1.29 is 0 Å². The smallest absolute Gasteiger partial charge is 0.0356 e. The van der Waals surface area contributed by atoms with Crippen molar-refractivity contribution in [2.45, 2.75) is 58.0 Å². The number of piperidine rings is 1. The molecule has 1 aliphatic heterocycles. The fourth-order valence-corrected chi connectivity index (χ4v) is 3.38. The summed E-state index contributed by atoms with van der Waals surface area (Å²) in [5.41, 5.74) is 6.47. The normalized spacial score (nSPS) is 25.0. The van der Waals surface area contributed by atoms with Crippen LogP contribution in [0.4, 0.5) is 0 Å². The Bertz CT molecular complexity index is 252. The van der Waals surface area contributed by atoms with Crippen LogP contribution in [0.1, 0.15) is 46.5 Å². The molecular formula is C15H31N3. The fraction of sp³-hybridized carbons (Fsp3) is 1.00. The Morgan fingerprint density at radius 3 is 2.28 bits per heavy atom. The van der Waals surface area contributed by atoms with Gasteiger partial charge in [0.1, 0.15) is 0 Å². The van der Waals surface area contributed by atoms with Gasteiger partial charge >= 0.3 is 0 Å². The molecule has 0 spiro atoms. The third-order valence-corrected chi connectivity index (χ3v) is 5.07. The van der Waals surface area contributed by atoms with Crippen LogP contribution in [0.3, 0.4) is 0 Å². The predicted molar refractivity (Wildman–Crippen MR) is 77.7 cm³/mol. The molecule has 0 bridgehead atoms. The van der Waals surface area contributed by atoms with Crippen LogP contribution in [0.2, 0.25) is 0 Å². The van der Waals surface area contributed by atoms with Gasteiger partial charge in [-0.2, -0.15) is 0 Å². The Balaban J connectivity index is 1.96. The lowest BCUT2D eigenvalue weighted by Gasteiger charge is -2.49. The molecule has 1 heterocycles. The first-order valence-electron chi connectivity index (χ1n) is 7.80. The maximum atomic E-state index is 6.17. The fourth-order valence-electron chi connectivity index (χ4n) is 3.38. The number of likely N-dealkylation sites (N-methyl/N-ethyl adjacent to an activating group) is 1. The van der Waals surface area contributed by atoms with Gasteiger partial charge in [-0.1, -0.05) is 6.92 Å². The highest BCUT2D eigenvalue weighted by Crippen LogP contribution is 2.35. The van der Waals surface area contributed by atoms with Crippen LogP contribution in [0.15, 0.2) is 0 Å². The van der Waals surface area contributed by atoms with Crippen molar-refractivity contribution in [2.75, 3.05) is 32.7 Å². The summed E-state index contributed by atoms with van der Waals surface area (Å²) < 4.78 is 0. The van der Waals surface area contributed by atoms with E-state index in [9.17, 15) is 0 Å². The minimum Gasteiger partial charge on any atom is -0.329 e. The molecule has 2 fully saturated rings. The second-order valence-electron chi connectivity index (χ2n) is 6.54. The van der Waals surface area contributed by atoms with Crippen molar-refractivity contribution in [3.05, 3.63) is 0 Å². The van der Waals surface area contributed by atoms with Gasteiger partial charge in [-0.05, 0) is 52.0 Å². The first kappa shape index (κ1) is 14.3. The van der Waals surface area contributed by atoms with Crippen molar-refractivity contribution in [2.24, 2.45) is 11.7 Å². The molecule has 0 aromatic rings. The van der Waals surface area contributed by atoms with Gasteiger partial charge in [0.05, 0.1) is 0 Å². The Kier molecular flexibility index (Phi) is 4.68. The van der Waals surface area contributed by atoms with Crippen LogP contribution >= 0.6 is 0 Å². The first-order chi connectivity index (χ1) is 8.61. The largest absolute Gasteiger partial charge is 0.329 e. The molecule has 1 aliphatic carbocycles. The molecule has 0 aromatic heterocycles.